The monoisotopic (exact) mass is 392 g/mol. The van der Waals surface area contributed by atoms with Gasteiger partial charge in [-0.15, -0.1) is 0 Å². The molecule has 0 radical (unpaired) electrons. The largest absolute Gasteiger partial charge is 0.334 e. The molecular weight excluding hydrogens is 372 g/mol. The summed E-state index contributed by atoms with van der Waals surface area (Å²) in [5.74, 6) is 0.0187. The average Bonchev–Trinajstić information content (AvgIpc) is 2.97. The molecule has 2 aromatic carbocycles. The lowest BCUT2D eigenvalue weighted by Crippen LogP contribution is -2.36. The van der Waals surface area contributed by atoms with Crippen molar-refractivity contribution in [3.63, 3.8) is 0 Å². The van der Waals surface area contributed by atoms with E-state index in [9.17, 15) is 13.2 Å². The van der Waals surface area contributed by atoms with Crippen LogP contribution < -0.4 is 10.6 Å². The first-order chi connectivity index (χ1) is 12.3. The first-order valence-corrected chi connectivity index (χ1v) is 10.8. The summed E-state index contributed by atoms with van der Waals surface area (Å²) < 4.78 is 22.6. The highest BCUT2D eigenvalue weighted by Crippen LogP contribution is 2.35. The minimum atomic E-state index is -3.05. The van der Waals surface area contributed by atoms with E-state index in [4.69, 9.17) is 11.6 Å². The zero-order valence-electron chi connectivity index (χ0n) is 14.5. The molecule has 138 valence electrons. The summed E-state index contributed by atoms with van der Waals surface area (Å²) in [7, 11) is -3.05. The van der Waals surface area contributed by atoms with Gasteiger partial charge in [0.1, 0.15) is 0 Å². The molecule has 1 aliphatic rings. The number of fused-ring (bicyclic) bond motifs is 1. The van der Waals surface area contributed by atoms with E-state index < -0.39 is 9.84 Å². The second-order valence-electron chi connectivity index (χ2n) is 6.61. The van der Waals surface area contributed by atoms with Gasteiger partial charge in [0.05, 0.1) is 11.8 Å². The smallest absolute Gasteiger partial charge is 0.315 e. The van der Waals surface area contributed by atoms with Crippen LogP contribution in [-0.4, -0.2) is 20.7 Å². The Bertz CT molecular complexity index is 911. The quantitative estimate of drug-likeness (QED) is 0.819. The fourth-order valence-electron chi connectivity index (χ4n) is 3.21. The van der Waals surface area contributed by atoms with E-state index in [0.717, 1.165) is 40.1 Å². The Labute approximate surface area is 158 Å². The SMILES string of the molecule is CS(=O)(=O)Cc1ccc(CNC(=O)NC2CCc3c(Cl)cccc32)cc1. The van der Waals surface area contributed by atoms with Crippen LogP contribution in [0.1, 0.15) is 34.7 Å². The van der Waals surface area contributed by atoms with Crippen molar-refractivity contribution in [1.29, 1.82) is 0 Å². The van der Waals surface area contributed by atoms with Gasteiger partial charge in [-0.05, 0) is 41.2 Å². The molecule has 1 aliphatic carbocycles. The van der Waals surface area contributed by atoms with Crippen LogP contribution in [0.2, 0.25) is 5.02 Å². The van der Waals surface area contributed by atoms with E-state index in [1.807, 2.05) is 30.3 Å². The van der Waals surface area contributed by atoms with Crippen molar-refractivity contribution in [3.8, 4) is 0 Å². The van der Waals surface area contributed by atoms with Gasteiger partial charge < -0.3 is 10.6 Å². The summed E-state index contributed by atoms with van der Waals surface area (Å²) in [6.07, 6.45) is 2.91. The van der Waals surface area contributed by atoms with Gasteiger partial charge >= 0.3 is 6.03 Å². The lowest BCUT2D eigenvalue weighted by atomic mass is 10.1. The van der Waals surface area contributed by atoms with Crippen LogP contribution in [0.4, 0.5) is 4.79 Å². The number of carbonyl (C=O) groups excluding carboxylic acids is 1. The molecule has 26 heavy (non-hydrogen) atoms. The van der Waals surface area contributed by atoms with Crippen LogP contribution in [0.3, 0.4) is 0 Å². The van der Waals surface area contributed by atoms with Gasteiger partial charge in [-0.2, -0.15) is 0 Å². The van der Waals surface area contributed by atoms with E-state index in [-0.39, 0.29) is 17.8 Å². The molecule has 0 saturated carbocycles. The van der Waals surface area contributed by atoms with Crippen molar-refractivity contribution in [3.05, 3.63) is 69.7 Å². The summed E-state index contributed by atoms with van der Waals surface area (Å²) in [4.78, 5) is 12.2. The zero-order chi connectivity index (χ0) is 18.7. The predicted molar refractivity (Wildman–Crippen MR) is 103 cm³/mol. The maximum absolute atomic E-state index is 12.2. The highest BCUT2D eigenvalue weighted by Gasteiger charge is 2.25. The third-order valence-corrected chi connectivity index (χ3v) is 5.64. The maximum atomic E-state index is 12.2. The fourth-order valence-corrected chi connectivity index (χ4v) is 4.28. The molecule has 2 N–H and O–H groups in total. The van der Waals surface area contributed by atoms with Crippen molar-refractivity contribution in [2.24, 2.45) is 0 Å². The van der Waals surface area contributed by atoms with E-state index in [0.29, 0.717) is 6.54 Å². The Morgan fingerprint density at radius 3 is 2.54 bits per heavy atom. The van der Waals surface area contributed by atoms with Crippen molar-refractivity contribution >= 4 is 27.5 Å². The number of benzene rings is 2. The minimum absolute atomic E-state index is 0.0187. The fraction of sp³-hybridized carbons (Fsp3) is 0.316. The molecule has 0 aromatic heterocycles. The van der Waals surface area contributed by atoms with E-state index in [1.54, 1.807) is 12.1 Å². The van der Waals surface area contributed by atoms with E-state index >= 15 is 0 Å². The molecule has 3 rings (SSSR count). The number of amides is 2. The van der Waals surface area contributed by atoms with Crippen LogP contribution in [-0.2, 0) is 28.6 Å². The lowest BCUT2D eigenvalue weighted by Gasteiger charge is -2.15. The first-order valence-electron chi connectivity index (χ1n) is 8.39. The van der Waals surface area contributed by atoms with Gasteiger partial charge in [-0.1, -0.05) is 48.0 Å². The van der Waals surface area contributed by atoms with Crippen molar-refractivity contribution in [2.75, 3.05) is 6.26 Å². The molecule has 0 heterocycles. The number of hydrogen-bond donors (Lipinski definition) is 2. The normalized spacial score (nSPS) is 16.2. The van der Waals surface area contributed by atoms with Crippen molar-refractivity contribution in [1.82, 2.24) is 10.6 Å². The summed E-state index contributed by atoms with van der Waals surface area (Å²) in [6.45, 7) is 0.375. The van der Waals surface area contributed by atoms with Crippen LogP contribution in [0.5, 0.6) is 0 Å². The van der Waals surface area contributed by atoms with Crippen LogP contribution >= 0.6 is 11.6 Å². The van der Waals surface area contributed by atoms with Crippen LogP contribution in [0.25, 0.3) is 0 Å². The van der Waals surface area contributed by atoms with Gasteiger partial charge in [0.15, 0.2) is 9.84 Å². The van der Waals surface area contributed by atoms with Crippen LogP contribution in [0.15, 0.2) is 42.5 Å². The Balaban J connectivity index is 1.53. The number of carbonyl (C=O) groups is 1. The number of nitrogens with one attached hydrogen (secondary N) is 2. The van der Waals surface area contributed by atoms with Crippen molar-refractivity contribution in [2.45, 2.75) is 31.2 Å². The molecule has 2 aromatic rings. The summed E-state index contributed by atoms with van der Waals surface area (Å²) in [5.41, 5.74) is 3.84. The maximum Gasteiger partial charge on any atom is 0.315 e. The molecule has 0 fully saturated rings. The summed E-state index contributed by atoms with van der Waals surface area (Å²) in [6, 6.07) is 12.7. The second kappa shape index (κ2) is 7.68. The van der Waals surface area contributed by atoms with E-state index in [1.165, 1.54) is 6.26 Å². The van der Waals surface area contributed by atoms with Crippen LogP contribution in [0, 0.1) is 0 Å². The second-order valence-corrected chi connectivity index (χ2v) is 9.16. The average molecular weight is 393 g/mol. The minimum Gasteiger partial charge on any atom is -0.334 e. The standard InChI is InChI=1S/C19H21ClN2O3S/c1-26(24,25)12-14-7-5-13(6-8-14)11-21-19(23)22-18-10-9-15-16(18)3-2-4-17(15)20/h2-8,18H,9-12H2,1H3,(H2,21,22,23). The van der Waals surface area contributed by atoms with Gasteiger partial charge in [-0.3, -0.25) is 0 Å². The number of urea groups is 1. The summed E-state index contributed by atoms with van der Waals surface area (Å²) >= 11 is 6.20. The van der Waals surface area contributed by atoms with Gasteiger partial charge in [0.2, 0.25) is 0 Å². The highest BCUT2D eigenvalue weighted by atomic mass is 35.5. The third-order valence-electron chi connectivity index (χ3n) is 4.42. The predicted octanol–water partition coefficient (Wildman–Crippen LogP) is 3.37. The molecular formula is C19H21ClN2O3S. The molecule has 0 bridgehead atoms. The number of sulfone groups is 1. The molecule has 2 amide bonds. The van der Waals surface area contributed by atoms with Gasteiger partial charge in [-0.25, -0.2) is 13.2 Å². The third kappa shape index (κ3) is 4.77. The number of rotatable bonds is 5. The molecule has 7 heteroatoms. The Hall–Kier alpha value is -2.05. The van der Waals surface area contributed by atoms with Crippen molar-refractivity contribution < 1.29 is 13.2 Å². The topological polar surface area (TPSA) is 75.3 Å². The number of hydrogen-bond acceptors (Lipinski definition) is 3. The Kier molecular flexibility index (Phi) is 5.53. The Morgan fingerprint density at radius 1 is 1.15 bits per heavy atom. The first kappa shape index (κ1) is 18.7. The van der Waals surface area contributed by atoms with E-state index in [2.05, 4.69) is 10.6 Å². The van der Waals surface area contributed by atoms with Gasteiger partial charge in [0.25, 0.3) is 0 Å². The van der Waals surface area contributed by atoms with Gasteiger partial charge in [0, 0.05) is 17.8 Å². The molecule has 5 nitrogen and oxygen atoms in total. The Morgan fingerprint density at radius 2 is 1.85 bits per heavy atom. The molecule has 1 atom stereocenters. The molecule has 0 spiro atoms. The summed E-state index contributed by atoms with van der Waals surface area (Å²) in [5, 5.41) is 6.58. The molecule has 1 unspecified atom stereocenters. The highest BCUT2D eigenvalue weighted by molar-refractivity contribution is 7.89. The number of halogens is 1. The molecule has 0 aliphatic heterocycles. The zero-order valence-corrected chi connectivity index (χ0v) is 16.0. The lowest BCUT2D eigenvalue weighted by molar-refractivity contribution is 0.236. The molecule has 0 saturated heterocycles.